The molecular weight excluding hydrogens is 274 g/mol. The first-order chi connectivity index (χ1) is 9.37. The Hall–Kier alpha value is -2.14. The summed E-state index contributed by atoms with van der Waals surface area (Å²) in [6, 6.07) is 13.7. The second-order valence-electron chi connectivity index (χ2n) is 4.61. The molecule has 2 aromatic carbocycles. The van der Waals surface area contributed by atoms with Gasteiger partial charge in [0.05, 0.1) is 11.9 Å². The lowest BCUT2D eigenvalue weighted by Crippen LogP contribution is -2.13. The summed E-state index contributed by atoms with van der Waals surface area (Å²) >= 11 is 0. The maximum absolute atomic E-state index is 12.4. The average molecular weight is 289 g/mol. The van der Waals surface area contributed by atoms with Crippen molar-refractivity contribution in [3.05, 3.63) is 65.2 Å². The van der Waals surface area contributed by atoms with Gasteiger partial charge in [-0.25, -0.2) is 8.42 Å². The fourth-order valence-electron chi connectivity index (χ4n) is 1.83. The zero-order valence-electron chi connectivity index (χ0n) is 11.3. The number of carbonyl (C=O) groups is 1. The van der Waals surface area contributed by atoms with Crippen LogP contribution in [0.1, 0.15) is 21.5 Å². The summed E-state index contributed by atoms with van der Waals surface area (Å²) in [6.07, 6.45) is 1.06. The molecule has 4 nitrogen and oxygen atoms in total. The topological polar surface area (TPSA) is 63.2 Å². The number of para-hydroxylation sites is 1. The summed E-state index contributed by atoms with van der Waals surface area (Å²) in [6.45, 7) is 1.94. The number of carbonyl (C=O) groups excluding carboxylic acids is 1. The third-order valence-electron chi connectivity index (χ3n) is 2.78. The van der Waals surface area contributed by atoms with Crippen LogP contribution in [0.15, 0.2) is 48.5 Å². The number of aryl methyl sites for hydroxylation is 1. The molecule has 20 heavy (non-hydrogen) atoms. The Labute approximate surface area is 118 Å². The highest BCUT2D eigenvalue weighted by Gasteiger charge is 2.15. The van der Waals surface area contributed by atoms with Crippen molar-refractivity contribution >= 4 is 21.5 Å². The lowest BCUT2D eigenvalue weighted by atomic mass is 10.0. The quantitative estimate of drug-likeness (QED) is 0.880. The molecule has 0 fully saturated rings. The van der Waals surface area contributed by atoms with Crippen LogP contribution in [0.3, 0.4) is 0 Å². The predicted molar refractivity (Wildman–Crippen MR) is 79.5 cm³/mol. The van der Waals surface area contributed by atoms with Gasteiger partial charge < -0.3 is 0 Å². The van der Waals surface area contributed by atoms with Crippen molar-refractivity contribution in [3.8, 4) is 0 Å². The lowest BCUT2D eigenvalue weighted by molar-refractivity contribution is 0.103. The van der Waals surface area contributed by atoms with E-state index in [1.165, 1.54) is 0 Å². The van der Waals surface area contributed by atoms with Gasteiger partial charge in [0.25, 0.3) is 0 Å². The summed E-state index contributed by atoms with van der Waals surface area (Å²) in [5.41, 5.74) is 2.21. The molecule has 0 saturated heterocycles. The largest absolute Gasteiger partial charge is 0.289 e. The Bertz CT molecular complexity index is 734. The van der Waals surface area contributed by atoms with E-state index in [9.17, 15) is 13.2 Å². The van der Waals surface area contributed by atoms with E-state index in [1.54, 1.807) is 36.4 Å². The van der Waals surface area contributed by atoms with Crippen molar-refractivity contribution in [1.82, 2.24) is 0 Å². The molecule has 0 amide bonds. The molecule has 0 radical (unpaired) electrons. The molecule has 0 unspecified atom stereocenters. The van der Waals surface area contributed by atoms with Crippen LogP contribution in [0.2, 0.25) is 0 Å². The zero-order valence-corrected chi connectivity index (χ0v) is 12.1. The van der Waals surface area contributed by atoms with Crippen LogP contribution < -0.4 is 4.72 Å². The van der Waals surface area contributed by atoms with Crippen LogP contribution in [0.5, 0.6) is 0 Å². The van der Waals surface area contributed by atoms with Crippen LogP contribution in [0.4, 0.5) is 5.69 Å². The Morgan fingerprint density at radius 3 is 2.20 bits per heavy atom. The third-order valence-corrected chi connectivity index (χ3v) is 3.37. The third kappa shape index (κ3) is 3.45. The van der Waals surface area contributed by atoms with E-state index in [-0.39, 0.29) is 5.78 Å². The van der Waals surface area contributed by atoms with Crippen molar-refractivity contribution in [2.24, 2.45) is 0 Å². The van der Waals surface area contributed by atoms with Crippen molar-refractivity contribution in [2.75, 3.05) is 11.0 Å². The van der Waals surface area contributed by atoms with E-state index in [1.807, 2.05) is 19.1 Å². The van der Waals surface area contributed by atoms with Crippen molar-refractivity contribution in [1.29, 1.82) is 0 Å². The van der Waals surface area contributed by atoms with Gasteiger partial charge in [-0.05, 0) is 19.1 Å². The number of hydrogen-bond acceptors (Lipinski definition) is 3. The van der Waals surface area contributed by atoms with Gasteiger partial charge in [0, 0.05) is 11.1 Å². The predicted octanol–water partition coefficient (Wildman–Crippen LogP) is 2.60. The molecule has 0 heterocycles. The SMILES string of the molecule is Cc1ccc(C(=O)c2ccccc2NS(C)(=O)=O)cc1. The Balaban J connectivity index is 2.42. The normalized spacial score (nSPS) is 11.1. The average Bonchev–Trinajstić information content (AvgIpc) is 2.37. The van der Waals surface area contributed by atoms with Crippen LogP contribution >= 0.6 is 0 Å². The molecule has 5 heteroatoms. The molecule has 0 atom stereocenters. The Kier molecular flexibility index (Phi) is 3.90. The summed E-state index contributed by atoms with van der Waals surface area (Å²) in [7, 11) is -3.42. The molecule has 0 bridgehead atoms. The molecule has 0 spiro atoms. The van der Waals surface area contributed by atoms with E-state index in [0.717, 1.165) is 11.8 Å². The first kappa shape index (κ1) is 14.3. The monoisotopic (exact) mass is 289 g/mol. The van der Waals surface area contributed by atoms with Gasteiger partial charge in [0.1, 0.15) is 0 Å². The zero-order chi connectivity index (χ0) is 14.8. The van der Waals surface area contributed by atoms with Crippen LogP contribution in [0, 0.1) is 6.92 Å². The van der Waals surface area contributed by atoms with Gasteiger partial charge in [-0.15, -0.1) is 0 Å². The minimum absolute atomic E-state index is 0.211. The van der Waals surface area contributed by atoms with E-state index in [4.69, 9.17) is 0 Å². The second-order valence-corrected chi connectivity index (χ2v) is 6.36. The lowest BCUT2D eigenvalue weighted by Gasteiger charge is -2.09. The first-order valence-corrected chi connectivity index (χ1v) is 7.94. The molecule has 0 aliphatic carbocycles. The van der Waals surface area contributed by atoms with E-state index in [0.29, 0.717) is 16.8 Å². The van der Waals surface area contributed by atoms with Crippen molar-refractivity contribution < 1.29 is 13.2 Å². The maximum Gasteiger partial charge on any atom is 0.229 e. The van der Waals surface area contributed by atoms with Gasteiger partial charge in [-0.3, -0.25) is 9.52 Å². The van der Waals surface area contributed by atoms with Gasteiger partial charge in [-0.2, -0.15) is 0 Å². The molecular formula is C15H15NO3S. The molecule has 0 aromatic heterocycles. The molecule has 2 aromatic rings. The molecule has 2 rings (SSSR count). The summed E-state index contributed by atoms with van der Waals surface area (Å²) in [5, 5.41) is 0. The van der Waals surface area contributed by atoms with Crippen molar-refractivity contribution in [2.45, 2.75) is 6.92 Å². The number of ketones is 1. The number of nitrogens with one attached hydrogen (secondary N) is 1. The molecule has 1 N–H and O–H groups in total. The number of rotatable bonds is 4. The highest BCUT2D eigenvalue weighted by Crippen LogP contribution is 2.20. The molecule has 0 aliphatic heterocycles. The fourth-order valence-corrected chi connectivity index (χ4v) is 2.41. The van der Waals surface area contributed by atoms with Crippen LogP contribution in [-0.4, -0.2) is 20.5 Å². The highest BCUT2D eigenvalue weighted by atomic mass is 32.2. The summed E-state index contributed by atoms with van der Waals surface area (Å²) in [4.78, 5) is 12.4. The van der Waals surface area contributed by atoms with Gasteiger partial charge in [0.15, 0.2) is 5.78 Å². The van der Waals surface area contributed by atoms with E-state index in [2.05, 4.69) is 4.72 Å². The Morgan fingerprint density at radius 2 is 1.60 bits per heavy atom. The van der Waals surface area contributed by atoms with Gasteiger partial charge in [0.2, 0.25) is 10.0 Å². The smallest absolute Gasteiger partial charge is 0.229 e. The molecule has 0 saturated carbocycles. The number of sulfonamides is 1. The minimum Gasteiger partial charge on any atom is -0.289 e. The van der Waals surface area contributed by atoms with Gasteiger partial charge >= 0.3 is 0 Å². The number of hydrogen-bond donors (Lipinski definition) is 1. The number of anilines is 1. The fraction of sp³-hybridized carbons (Fsp3) is 0.133. The van der Waals surface area contributed by atoms with E-state index < -0.39 is 10.0 Å². The van der Waals surface area contributed by atoms with Crippen LogP contribution in [-0.2, 0) is 10.0 Å². The molecule has 0 aliphatic rings. The second kappa shape index (κ2) is 5.46. The van der Waals surface area contributed by atoms with Crippen molar-refractivity contribution in [3.63, 3.8) is 0 Å². The molecule has 104 valence electrons. The standard InChI is InChI=1S/C15H15NO3S/c1-11-7-9-12(10-8-11)15(17)13-5-3-4-6-14(13)16-20(2,18)19/h3-10,16H,1-2H3. The first-order valence-electron chi connectivity index (χ1n) is 6.05. The Morgan fingerprint density at radius 1 is 1.00 bits per heavy atom. The minimum atomic E-state index is -3.42. The number of benzene rings is 2. The van der Waals surface area contributed by atoms with Gasteiger partial charge in [-0.1, -0.05) is 42.0 Å². The highest BCUT2D eigenvalue weighted by molar-refractivity contribution is 7.92. The van der Waals surface area contributed by atoms with Crippen LogP contribution in [0.25, 0.3) is 0 Å². The summed E-state index contributed by atoms with van der Waals surface area (Å²) in [5.74, 6) is -0.211. The summed E-state index contributed by atoms with van der Waals surface area (Å²) < 4.78 is 25.0. The van der Waals surface area contributed by atoms with E-state index >= 15 is 0 Å². The maximum atomic E-state index is 12.4.